The zero-order valence-electron chi connectivity index (χ0n) is 21.9. The second-order valence-corrected chi connectivity index (χ2v) is 12.4. The van der Waals surface area contributed by atoms with Crippen molar-refractivity contribution in [3.63, 3.8) is 0 Å². The first-order valence-corrected chi connectivity index (χ1v) is 13.7. The lowest BCUT2D eigenvalue weighted by Gasteiger charge is -2.63. The van der Waals surface area contributed by atoms with E-state index in [1.165, 1.54) is 32.1 Å². The minimum absolute atomic E-state index is 0.297. The van der Waals surface area contributed by atoms with Crippen LogP contribution in [0.1, 0.15) is 85.0 Å². The highest BCUT2D eigenvalue weighted by Gasteiger charge is 2.63. The van der Waals surface area contributed by atoms with Gasteiger partial charge in [-0.2, -0.15) is 0 Å². The third kappa shape index (κ3) is 4.79. The van der Waals surface area contributed by atoms with Gasteiger partial charge in [-0.15, -0.1) is 0 Å². The molecule has 5 nitrogen and oxygen atoms in total. The molecule has 0 bridgehead atoms. The van der Waals surface area contributed by atoms with Crippen LogP contribution in [0.5, 0.6) is 0 Å². The van der Waals surface area contributed by atoms with E-state index in [0.29, 0.717) is 61.0 Å². The molecule has 4 aliphatic rings. The first-order valence-electron chi connectivity index (χ1n) is 13.7. The van der Waals surface area contributed by atoms with Gasteiger partial charge >= 0.3 is 0 Å². The van der Waals surface area contributed by atoms with E-state index in [1.54, 1.807) is 14.2 Å². The van der Waals surface area contributed by atoms with E-state index in [1.807, 2.05) is 0 Å². The Labute approximate surface area is 202 Å². The monoisotopic (exact) mass is 466 g/mol. The molecule has 4 rings (SSSR count). The summed E-state index contributed by atoms with van der Waals surface area (Å²) in [5.74, 6) is 4.27. The lowest BCUT2D eigenvalue weighted by molar-refractivity contribution is -0.213. The van der Waals surface area contributed by atoms with Crippen LogP contribution in [0.4, 0.5) is 0 Å². The van der Waals surface area contributed by atoms with E-state index in [0.717, 1.165) is 49.9 Å². The summed E-state index contributed by atoms with van der Waals surface area (Å²) in [6, 6.07) is 0. The Morgan fingerprint density at radius 1 is 0.879 bits per heavy atom. The molecular formula is C28H50O5. The summed E-state index contributed by atoms with van der Waals surface area (Å²) < 4.78 is 23.1. The highest BCUT2D eigenvalue weighted by atomic mass is 16.7. The maximum Gasteiger partial charge on any atom is 0.146 e. The summed E-state index contributed by atoms with van der Waals surface area (Å²) in [5, 5.41) is 9.39. The smallest absolute Gasteiger partial charge is 0.146 e. The molecule has 0 aromatic carbocycles. The highest BCUT2D eigenvalue weighted by molar-refractivity contribution is 5.12. The molecule has 0 unspecified atom stereocenters. The van der Waals surface area contributed by atoms with Gasteiger partial charge in [0.2, 0.25) is 0 Å². The van der Waals surface area contributed by atoms with Crippen LogP contribution in [0, 0.1) is 46.3 Å². The Hall–Kier alpha value is -0.200. The lowest BCUT2D eigenvalue weighted by atomic mass is 9.43. The Kier molecular flexibility index (Phi) is 8.49. The minimum atomic E-state index is 0.297. The van der Waals surface area contributed by atoms with Gasteiger partial charge in [0.15, 0.2) is 0 Å². The van der Waals surface area contributed by atoms with Crippen LogP contribution in [0.15, 0.2) is 0 Å². The van der Waals surface area contributed by atoms with E-state index in [9.17, 15) is 5.11 Å². The molecule has 5 heteroatoms. The van der Waals surface area contributed by atoms with Crippen molar-refractivity contribution in [2.75, 3.05) is 34.4 Å². The van der Waals surface area contributed by atoms with E-state index in [-0.39, 0.29) is 0 Å². The third-order valence-corrected chi connectivity index (χ3v) is 11.0. The maximum atomic E-state index is 9.39. The van der Waals surface area contributed by atoms with Crippen LogP contribution in [0.25, 0.3) is 0 Å². The maximum absolute atomic E-state index is 9.39. The molecule has 0 radical (unpaired) electrons. The van der Waals surface area contributed by atoms with Gasteiger partial charge in [-0.05, 0) is 111 Å². The van der Waals surface area contributed by atoms with Crippen LogP contribution in [-0.2, 0) is 18.9 Å². The van der Waals surface area contributed by atoms with E-state index in [2.05, 4.69) is 20.8 Å². The Balaban J connectivity index is 1.56. The van der Waals surface area contributed by atoms with Crippen LogP contribution < -0.4 is 0 Å². The topological polar surface area (TPSA) is 57.2 Å². The number of fused-ring (bicyclic) bond motifs is 5. The fourth-order valence-electron chi connectivity index (χ4n) is 9.39. The van der Waals surface area contributed by atoms with Gasteiger partial charge in [0.1, 0.15) is 13.6 Å². The quantitative estimate of drug-likeness (QED) is 0.422. The van der Waals surface area contributed by atoms with Crippen molar-refractivity contribution in [1.82, 2.24) is 0 Å². The molecule has 4 fully saturated rings. The molecule has 0 amide bonds. The van der Waals surface area contributed by atoms with Gasteiger partial charge in [0, 0.05) is 20.8 Å². The zero-order chi connectivity index (χ0) is 23.6. The van der Waals surface area contributed by atoms with Crippen LogP contribution in [0.2, 0.25) is 0 Å². The normalized spacial score (nSPS) is 45.8. The molecule has 4 aliphatic carbocycles. The zero-order valence-corrected chi connectivity index (χ0v) is 21.9. The van der Waals surface area contributed by atoms with Crippen molar-refractivity contribution in [2.24, 2.45) is 46.3 Å². The van der Waals surface area contributed by atoms with E-state index >= 15 is 0 Å². The largest absolute Gasteiger partial charge is 0.396 e. The van der Waals surface area contributed by atoms with Gasteiger partial charge in [-0.25, -0.2) is 0 Å². The number of hydrogen-bond donors (Lipinski definition) is 1. The molecule has 4 saturated carbocycles. The number of rotatable bonds is 10. The van der Waals surface area contributed by atoms with Crippen molar-refractivity contribution >= 4 is 0 Å². The average molecular weight is 467 g/mol. The Morgan fingerprint density at radius 2 is 1.58 bits per heavy atom. The molecule has 0 heterocycles. The van der Waals surface area contributed by atoms with Crippen molar-refractivity contribution in [1.29, 1.82) is 0 Å². The van der Waals surface area contributed by atoms with Gasteiger partial charge in [-0.3, -0.25) is 0 Å². The summed E-state index contributed by atoms with van der Waals surface area (Å²) in [6.45, 7) is 8.79. The predicted molar refractivity (Wildman–Crippen MR) is 130 cm³/mol. The van der Waals surface area contributed by atoms with Crippen LogP contribution in [0.3, 0.4) is 0 Å². The number of aliphatic hydroxyl groups excluding tert-OH is 1. The number of ether oxygens (including phenoxy) is 4. The Morgan fingerprint density at radius 3 is 2.30 bits per heavy atom. The minimum Gasteiger partial charge on any atom is -0.396 e. The second-order valence-electron chi connectivity index (χ2n) is 12.4. The average Bonchev–Trinajstić information content (AvgIpc) is 3.17. The number of aliphatic hydroxyl groups is 1. The van der Waals surface area contributed by atoms with E-state index in [4.69, 9.17) is 18.9 Å². The van der Waals surface area contributed by atoms with Crippen LogP contribution >= 0.6 is 0 Å². The highest BCUT2D eigenvalue weighted by Crippen LogP contribution is 2.68. The van der Waals surface area contributed by atoms with Crippen molar-refractivity contribution < 1.29 is 24.1 Å². The fourth-order valence-corrected chi connectivity index (χ4v) is 9.39. The molecule has 0 aliphatic heterocycles. The number of methoxy groups -OCH3 is 2. The predicted octanol–water partition coefficient (Wildman–Crippen LogP) is 5.64. The van der Waals surface area contributed by atoms with Crippen molar-refractivity contribution in [3.8, 4) is 0 Å². The van der Waals surface area contributed by atoms with Gasteiger partial charge in [0.25, 0.3) is 0 Å². The summed E-state index contributed by atoms with van der Waals surface area (Å²) in [7, 11) is 3.46. The third-order valence-electron chi connectivity index (χ3n) is 11.0. The molecule has 10 atom stereocenters. The number of hydrogen-bond acceptors (Lipinski definition) is 5. The standard InChI is InChI=1S/C28H50O5/c1-19(7-6-14-29)22-8-9-23-26-24(11-13-28(22,23)3)27(2)12-10-21(32-17-30-4)15-20(27)16-25(26)33-18-31-5/h19-26,29H,6-18H2,1-5H3/t19-,20-,21-,22-,23+,24-,25-,26-,27+,28+/m1/s1. The Bertz CT molecular complexity index is 627. The SMILES string of the molecule is COCO[C@@H]1CC[C@@]2(C)[C@H](C1)C[C@@H](OCOC)[C@H]1[C@H]2CC[C@@]2(C)[C@@H]([C@H](C)CCCO)CC[C@@H]12. The summed E-state index contributed by atoms with van der Waals surface area (Å²) in [4.78, 5) is 0. The van der Waals surface area contributed by atoms with Gasteiger partial charge < -0.3 is 24.1 Å². The molecule has 0 spiro atoms. The molecule has 192 valence electrons. The molecule has 0 aromatic rings. The second kappa shape index (κ2) is 10.8. The molecule has 1 N–H and O–H groups in total. The summed E-state index contributed by atoms with van der Waals surface area (Å²) >= 11 is 0. The van der Waals surface area contributed by atoms with Gasteiger partial charge in [-0.1, -0.05) is 20.8 Å². The van der Waals surface area contributed by atoms with Crippen LogP contribution in [-0.4, -0.2) is 51.7 Å². The first kappa shape index (κ1) is 25.9. The molecule has 0 aromatic heterocycles. The lowest BCUT2D eigenvalue weighted by Crippen LogP contribution is -2.59. The summed E-state index contributed by atoms with van der Waals surface area (Å²) in [6.07, 6.45) is 12.8. The molecule has 33 heavy (non-hydrogen) atoms. The van der Waals surface area contributed by atoms with Crippen molar-refractivity contribution in [2.45, 2.75) is 97.2 Å². The molecular weight excluding hydrogens is 416 g/mol. The van der Waals surface area contributed by atoms with Crippen molar-refractivity contribution in [3.05, 3.63) is 0 Å². The van der Waals surface area contributed by atoms with Gasteiger partial charge in [0.05, 0.1) is 12.2 Å². The fraction of sp³-hybridized carbons (Fsp3) is 1.00. The first-order chi connectivity index (χ1) is 15.9. The molecule has 0 saturated heterocycles. The van der Waals surface area contributed by atoms with E-state index < -0.39 is 0 Å². The summed E-state index contributed by atoms with van der Waals surface area (Å²) in [5.41, 5.74) is 0.805.